The van der Waals surface area contributed by atoms with Crippen LogP contribution in [-0.2, 0) is 11.5 Å². The molecule has 0 radical (unpaired) electrons. The predicted octanol–water partition coefficient (Wildman–Crippen LogP) is 2.68. The van der Waals surface area contributed by atoms with Crippen LogP contribution in [0.1, 0.15) is 27.3 Å². The van der Waals surface area contributed by atoms with Crippen molar-refractivity contribution >= 4 is 73.7 Å². The Kier molecular flexibility index (Phi) is 8.87. The number of carbonyl (C=O) groups is 1. The third-order valence-electron chi connectivity index (χ3n) is 5.16. The van der Waals surface area contributed by atoms with Crippen LogP contribution in [0.5, 0.6) is 5.75 Å². The maximum Gasteiger partial charge on any atom is 0.293 e. The predicted molar refractivity (Wildman–Crippen MR) is 154 cm³/mol. The fourth-order valence-corrected chi connectivity index (χ4v) is 7.39. The standard InChI is InChI=1S/C21H22N10O3S4/c1-33-15-3-2-12(8-13(15)10-37-20-23-4-6-35-20)9-25-27-19(32)16-14(11-38-21-24-5-7-36-21)31(30-26-16)18-17(22)28-34-29-18/h2-3,8-9H,4-7,10-11H2,1H3,(H2,22,28)(H,27,32). The number of hydrogen-bond acceptors (Lipinski definition) is 15. The molecule has 38 heavy (non-hydrogen) atoms. The van der Waals surface area contributed by atoms with Crippen molar-refractivity contribution in [1.82, 2.24) is 30.7 Å². The summed E-state index contributed by atoms with van der Waals surface area (Å²) in [7, 11) is 1.64. The lowest BCUT2D eigenvalue weighted by Gasteiger charge is -2.09. The van der Waals surface area contributed by atoms with Crippen molar-refractivity contribution in [2.45, 2.75) is 11.5 Å². The molecular formula is C21H22N10O3S4. The van der Waals surface area contributed by atoms with Crippen molar-refractivity contribution in [3.05, 3.63) is 40.7 Å². The second-order valence-corrected chi connectivity index (χ2v) is 12.2. The van der Waals surface area contributed by atoms with Crippen molar-refractivity contribution < 1.29 is 14.2 Å². The van der Waals surface area contributed by atoms with E-state index >= 15 is 0 Å². The van der Waals surface area contributed by atoms with Crippen molar-refractivity contribution in [3.63, 3.8) is 0 Å². The number of rotatable bonds is 9. The molecule has 1 amide bonds. The van der Waals surface area contributed by atoms with E-state index < -0.39 is 5.91 Å². The van der Waals surface area contributed by atoms with Gasteiger partial charge in [-0.2, -0.15) is 9.78 Å². The van der Waals surface area contributed by atoms with Gasteiger partial charge in [0.05, 0.1) is 32.1 Å². The first-order valence-electron chi connectivity index (χ1n) is 11.3. The van der Waals surface area contributed by atoms with Gasteiger partial charge in [-0.15, -0.1) is 5.10 Å². The summed E-state index contributed by atoms with van der Waals surface area (Å²) in [4.78, 5) is 21.9. The second-order valence-electron chi connectivity index (χ2n) is 7.61. The van der Waals surface area contributed by atoms with Gasteiger partial charge in [0.15, 0.2) is 5.69 Å². The highest BCUT2D eigenvalue weighted by atomic mass is 32.2. The molecular weight excluding hydrogens is 569 g/mol. The zero-order chi connectivity index (χ0) is 26.3. The average Bonchev–Trinajstić information content (AvgIpc) is 3.74. The minimum Gasteiger partial charge on any atom is -0.496 e. The summed E-state index contributed by atoms with van der Waals surface area (Å²) in [6.07, 6.45) is 1.57. The van der Waals surface area contributed by atoms with Crippen molar-refractivity contribution in [3.8, 4) is 11.6 Å². The van der Waals surface area contributed by atoms with Gasteiger partial charge < -0.3 is 10.5 Å². The zero-order valence-corrected chi connectivity index (χ0v) is 23.3. The molecule has 0 fully saturated rings. The number of ether oxygens (including phenoxy) is 1. The maximum atomic E-state index is 13.0. The van der Waals surface area contributed by atoms with Crippen LogP contribution >= 0.6 is 47.0 Å². The number of hydrazone groups is 1. The molecule has 3 aromatic rings. The molecule has 0 bridgehead atoms. The van der Waals surface area contributed by atoms with Gasteiger partial charge in [0.2, 0.25) is 11.6 Å². The Balaban J connectivity index is 1.29. The number of hydrogen-bond donors (Lipinski definition) is 2. The van der Waals surface area contributed by atoms with Crippen LogP contribution in [0.3, 0.4) is 0 Å². The largest absolute Gasteiger partial charge is 0.496 e. The van der Waals surface area contributed by atoms with E-state index in [9.17, 15) is 4.79 Å². The summed E-state index contributed by atoms with van der Waals surface area (Å²) in [6.45, 7) is 1.63. The van der Waals surface area contributed by atoms with Crippen LogP contribution in [0.2, 0.25) is 0 Å². The number of amides is 1. The highest BCUT2D eigenvalue weighted by Gasteiger charge is 2.25. The molecule has 0 aliphatic carbocycles. The van der Waals surface area contributed by atoms with Gasteiger partial charge in [0, 0.05) is 28.6 Å². The van der Waals surface area contributed by atoms with Gasteiger partial charge in [-0.25, -0.2) is 10.1 Å². The number of benzene rings is 1. The third kappa shape index (κ3) is 6.33. The third-order valence-corrected chi connectivity index (χ3v) is 9.72. The molecule has 5 rings (SSSR count). The number of anilines is 1. The van der Waals surface area contributed by atoms with Crippen LogP contribution in [0.4, 0.5) is 5.82 Å². The monoisotopic (exact) mass is 590 g/mol. The van der Waals surface area contributed by atoms with Crippen molar-refractivity contribution in [2.75, 3.05) is 37.4 Å². The molecule has 0 unspecified atom stereocenters. The fourth-order valence-electron chi connectivity index (χ4n) is 3.40. The van der Waals surface area contributed by atoms with Gasteiger partial charge in [-0.05, 0) is 34.1 Å². The lowest BCUT2D eigenvalue weighted by atomic mass is 10.1. The number of carbonyl (C=O) groups excluding carboxylic acids is 1. The number of nitrogen functional groups attached to an aromatic ring is 1. The Hall–Kier alpha value is -3.02. The lowest BCUT2D eigenvalue weighted by molar-refractivity contribution is 0.0949. The zero-order valence-electron chi connectivity index (χ0n) is 20.1. The molecule has 2 aliphatic rings. The lowest BCUT2D eigenvalue weighted by Crippen LogP contribution is -2.20. The van der Waals surface area contributed by atoms with Crippen LogP contribution in [-0.4, -0.2) is 77.9 Å². The highest BCUT2D eigenvalue weighted by molar-refractivity contribution is 8.39. The summed E-state index contributed by atoms with van der Waals surface area (Å²) < 4.78 is 13.6. The quantitative estimate of drug-likeness (QED) is 0.276. The Morgan fingerprint density at radius 1 is 1.21 bits per heavy atom. The molecule has 1 aromatic carbocycles. The average molecular weight is 591 g/mol. The number of thioether (sulfide) groups is 4. The van der Waals surface area contributed by atoms with Gasteiger partial charge >= 0.3 is 0 Å². The summed E-state index contributed by atoms with van der Waals surface area (Å²) >= 11 is 6.59. The second kappa shape index (κ2) is 12.7. The molecule has 3 N–H and O–H groups in total. The molecule has 2 aromatic heterocycles. The Bertz CT molecular complexity index is 1400. The SMILES string of the molecule is COc1ccc(C=NNC(=O)c2nnn(-c3nonc3N)c2CSC2=NCCS2)cc1CSC1=NCCS1. The Labute approximate surface area is 234 Å². The summed E-state index contributed by atoms with van der Waals surface area (Å²) in [5.74, 6) is 3.48. The minimum atomic E-state index is -0.528. The summed E-state index contributed by atoms with van der Waals surface area (Å²) in [5.41, 5.74) is 10.8. The number of aliphatic imine (C=N–C) groups is 2. The molecule has 198 valence electrons. The van der Waals surface area contributed by atoms with E-state index in [0.717, 1.165) is 56.0 Å². The minimum absolute atomic E-state index is 0.0331. The van der Waals surface area contributed by atoms with Crippen LogP contribution in [0.25, 0.3) is 5.82 Å². The first-order chi connectivity index (χ1) is 18.6. The van der Waals surface area contributed by atoms with Crippen LogP contribution in [0.15, 0.2) is 37.9 Å². The van der Waals surface area contributed by atoms with Gasteiger partial charge in [0.1, 0.15) is 14.5 Å². The van der Waals surface area contributed by atoms with E-state index in [2.05, 4.69) is 41.1 Å². The van der Waals surface area contributed by atoms with E-state index in [1.807, 2.05) is 18.2 Å². The number of nitrogens with zero attached hydrogens (tertiary/aromatic N) is 8. The Morgan fingerprint density at radius 3 is 2.63 bits per heavy atom. The molecule has 13 nitrogen and oxygen atoms in total. The first kappa shape index (κ1) is 26.6. The molecule has 0 spiro atoms. The topological polar surface area (TPSA) is 171 Å². The van der Waals surface area contributed by atoms with Crippen LogP contribution in [0, 0.1) is 0 Å². The highest BCUT2D eigenvalue weighted by Crippen LogP contribution is 2.30. The van der Waals surface area contributed by atoms with Gasteiger partial charge in [-0.1, -0.05) is 52.3 Å². The smallest absolute Gasteiger partial charge is 0.293 e. The molecule has 17 heteroatoms. The number of nitrogens with one attached hydrogen (secondary N) is 1. The normalized spacial score (nSPS) is 15.2. The number of methoxy groups -OCH3 is 1. The molecule has 0 saturated heterocycles. The first-order valence-corrected chi connectivity index (χ1v) is 15.2. The molecule has 2 aliphatic heterocycles. The summed E-state index contributed by atoms with van der Waals surface area (Å²) in [6, 6.07) is 5.72. The Morgan fingerprint density at radius 2 is 1.97 bits per heavy atom. The number of nitrogens with two attached hydrogens (primary N) is 1. The van der Waals surface area contributed by atoms with E-state index in [1.54, 1.807) is 48.6 Å². The van der Waals surface area contributed by atoms with Gasteiger partial charge in [-0.3, -0.25) is 14.8 Å². The summed E-state index contributed by atoms with van der Waals surface area (Å²) in [5, 5.41) is 19.6. The van der Waals surface area contributed by atoms with E-state index in [4.69, 9.17) is 15.1 Å². The molecule has 4 heterocycles. The van der Waals surface area contributed by atoms with E-state index in [0.29, 0.717) is 11.4 Å². The van der Waals surface area contributed by atoms with E-state index in [1.165, 1.54) is 16.4 Å². The fraction of sp³-hybridized carbons (Fsp3) is 0.333. The maximum absolute atomic E-state index is 13.0. The molecule has 0 atom stereocenters. The van der Waals surface area contributed by atoms with Gasteiger partial charge in [0.25, 0.3) is 5.91 Å². The van der Waals surface area contributed by atoms with Crippen molar-refractivity contribution in [2.24, 2.45) is 15.1 Å². The van der Waals surface area contributed by atoms with E-state index in [-0.39, 0.29) is 17.3 Å². The number of aromatic nitrogens is 5. The van der Waals surface area contributed by atoms with Crippen molar-refractivity contribution in [1.29, 1.82) is 0 Å². The van der Waals surface area contributed by atoms with Crippen LogP contribution < -0.4 is 15.9 Å². The molecule has 0 saturated carbocycles.